The van der Waals surface area contributed by atoms with E-state index in [1.807, 2.05) is 12.1 Å². The molecule has 106 valence electrons. The molecule has 6 heteroatoms. The first-order valence-corrected chi connectivity index (χ1v) is 6.60. The average molecular weight is 302 g/mol. The monoisotopic (exact) mass is 301 g/mol. The molecule has 2 rings (SSSR count). The Labute approximate surface area is 126 Å². The third kappa shape index (κ3) is 4.02. The molecule has 2 aromatic rings. The maximum absolute atomic E-state index is 11.0. The number of nitrogens with one attached hydrogen (secondary N) is 1. The zero-order valence-corrected chi connectivity index (χ0v) is 11.8. The van der Waals surface area contributed by atoms with Crippen LogP contribution >= 0.6 is 11.6 Å². The van der Waals surface area contributed by atoms with E-state index in [1.165, 1.54) is 6.07 Å². The van der Waals surface area contributed by atoms with Gasteiger partial charge in [0.25, 0.3) is 5.69 Å². The number of nitriles is 1. The van der Waals surface area contributed by atoms with Gasteiger partial charge in [-0.2, -0.15) is 5.26 Å². The van der Waals surface area contributed by atoms with Crippen LogP contribution in [0.5, 0.6) is 0 Å². The van der Waals surface area contributed by atoms with Crippen molar-refractivity contribution in [2.45, 2.75) is 13.1 Å². The zero-order chi connectivity index (χ0) is 15.2. The van der Waals surface area contributed by atoms with Gasteiger partial charge in [-0.25, -0.2) is 0 Å². The van der Waals surface area contributed by atoms with E-state index in [1.54, 1.807) is 24.3 Å². The van der Waals surface area contributed by atoms with Gasteiger partial charge in [-0.3, -0.25) is 10.1 Å². The molecule has 21 heavy (non-hydrogen) atoms. The molecule has 0 atom stereocenters. The van der Waals surface area contributed by atoms with Crippen LogP contribution in [0.25, 0.3) is 0 Å². The lowest BCUT2D eigenvalue weighted by molar-refractivity contribution is -0.385. The van der Waals surface area contributed by atoms with Gasteiger partial charge in [-0.1, -0.05) is 23.7 Å². The van der Waals surface area contributed by atoms with Crippen LogP contribution < -0.4 is 5.32 Å². The van der Waals surface area contributed by atoms with E-state index in [4.69, 9.17) is 16.9 Å². The van der Waals surface area contributed by atoms with Crippen molar-refractivity contribution >= 4 is 17.3 Å². The van der Waals surface area contributed by atoms with Crippen LogP contribution in [-0.4, -0.2) is 4.92 Å². The van der Waals surface area contributed by atoms with Gasteiger partial charge in [0.2, 0.25) is 0 Å². The normalized spacial score (nSPS) is 10.1. The molecule has 2 aromatic carbocycles. The van der Waals surface area contributed by atoms with E-state index in [0.29, 0.717) is 29.2 Å². The number of nitro groups is 1. The quantitative estimate of drug-likeness (QED) is 0.678. The van der Waals surface area contributed by atoms with Crippen molar-refractivity contribution in [1.82, 2.24) is 5.32 Å². The second kappa shape index (κ2) is 6.84. The predicted molar refractivity (Wildman–Crippen MR) is 79.8 cm³/mol. The van der Waals surface area contributed by atoms with Gasteiger partial charge < -0.3 is 5.32 Å². The Morgan fingerprint density at radius 1 is 1.19 bits per heavy atom. The van der Waals surface area contributed by atoms with Gasteiger partial charge in [0, 0.05) is 29.7 Å². The molecule has 0 amide bonds. The highest BCUT2D eigenvalue weighted by molar-refractivity contribution is 6.30. The van der Waals surface area contributed by atoms with Crippen molar-refractivity contribution in [2.75, 3.05) is 0 Å². The molecule has 0 aromatic heterocycles. The van der Waals surface area contributed by atoms with Gasteiger partial charge in [0.1, 0.15) is 0 Å². The molecule has 0 aliphatic carbocycles. The van der Waals surface area contributed by atoms with Crippen LogP contribution in [0.1, 0.15) is 16.7 Å². The molecule has 0 heterocycles. The van der Waals surface area contributed by atoms with Crippen LogP contribution in [0.4, 0.5) is 5.69 Å². The molecule has 0 saturated carbocycles. The van der Waals surface area contributed by atoms with Gasteiger partial charge in [0.05, 0.1) is 16.6 Å². The van der Waals surface area contributed by atoms with Crippen LogP contribution in [0, 0.1) is 21.4 Å². The summed E-state index contributed by atoms with van der Waals surface area (Å²) in [5.74, 6) is 0. The molecule has 0 unspecified atom stereocenters. The lowest BCUT2D eigenvalue weighted by Gasteiger charge is -2.06. The molecule has 0 radical (unpaired) electrons. The minimum Gasteiger partial charge on any atom is -0.308 e. The molecule has 0 aliphatic rings. The fourth-order valence-corrected chi connectivity index (χ4v) is 2.06. The SMILES string of the molecule is N#Cc1ccc(CNCc2ccc(Cl)cc2[N+](=O)[O-])cc1. The summed E-state index contributed by atoms with van der Waals surface area (Å²) in [7, 11) is 0. The average Bonchev–Trinajstić information content (AvgIpc) is 2.49. The number of hydrogen-bond acceptors (Lipinski definition) is 4. The van der Waals surface area contributed by atoms with E-state index in [9.17, 15) is 10.1 Å². The van der Waals surface area contributed by atoms with E-state index in [2.05, 4.69) is 11.4 Å². The maximum Gasteiger partial charge on any atom is 0.275 e. The minimum absolute atomic E-state index is 0.00910. The summed E-state index contributed by atoms with van der Waals surface area (Å²) >= 11 is 5.77. The van der Waals surface area contributed by atoms with Crippen molar-refractivity contribution in [3.63, 3.8) is 0 Å². The van der Waals surface area contributed by atoms with Gasteiger partial charge in [0.15, 0.2) is 0 Å². The molecule has 1 N–H and O–H groups in total. The maximum atomic E-state index is 11.0. The molecule has 0 saturated heterocycles. The predicted octanol–water partition coefficient (Wildman–Crippen LogP) is 3.41. The first kappa shape index (κ1) is 15.0. The molecule has 0 aliphatic heterocycles. The Bertz CT molecular complexity index is 693. The van der Waals surface area contributed by atoms with Gasteiger partial charge >= 0.3 is 0 Å². The lowest BCUT2D eigenvalue weighted by atomic mass is 10.1. The smallest absolute Gasteiger partial charge is 0.275 e. The first-order valence-electron chi connectivity index (χ1n) is 6.22. The van der Waals surface area contributed by atoms with Crippen molar-refractivity contribution in [2.24, 2.45) is 0 Å². The molecular weight excluding hydrogens is 290 g/mol. The molecule has 5 nitrogen and oxygen atoms in total. The molecular formula is C15H12ClN3O2. The van der Waals surface area contributed by atoms with Crippen molar-refractivity contribution in [3.05, 3.63) is 74.3 Å². The van der Waals surface area contributed by atoms with Crippen LogP contribution in [-0.2, 0) is 13.1 Å². The fourth-order valence-electron chi connectivity index (χ4n) is 1.90. The highest BCUT2D eigenvalue weighted by Gasteiger charge is 2.13. The number of rotatable bonds is 5. The number of nitro benzene ring substituents is 1. The summed E-state index contributed by atoms with van der Waals surface area (Å²) in [5, 5.41) is 23.2. The van der Waals surface area contributed by atoms with Crippen LogP contribution in [0.2, 0.25) is 5.02 Å². The highest BCUT2D eigenvalue weighted by Crippen LogP contribution is 2.23. The van der Waals surface area contributed by atoms with Crippen molar-refractivity contribution in [3.8, 4) is 6.07 Å². The van der Waals surface area contributed by atoms with Crippen molar-refractivity contribution in [1.29, 1.82) is 5.26 Å². The van der Waals surface area contributed by atoms with Gasteiger partial charge in [-0.05, 0) is 29.8 Å². The highest BCUT2D eigenvalue weighted by atomic mass is 35.5. The van der Waals surface area contributed by atoms with Crippen molar-refractivity contribution < 1.29 is 4.92 Å². The Balaban J connectivity index is 2.00. The molecule has 0 spiro atoms. The number of halogens is 1. The topological polar surface area (TPSA) is 79.0 Å². The van der Waals surface area contributed by atoms with E-state index in [-0.39, 0.29) is 5.69 Å². The Morgan fingerprint density at radius 3 is 2.52 bits per heavy atom. The first-order chi connectivity index (χ1) is 10.1. The zero-order valence-electron chi connectivity index (χ0n) is 11.0. The summed E-state index contributed by atoms with van der Waals surface area (Å²) in [6, 6.07) is 13.9. The summed E-state index contributed by atoms with van der Waals surface area (Å²) in [6.45, 7) is 0.930. The minimum atomic E-state index is -0.440. The third-order valence-corrected chi connectivity index (χ3v) is 3.21. The second-order valence-corrected chi connectivity index (χ2v) is 4.88. The summed E-state index contributed by atoms with van der Waals surface area (Å²) < 4.78 is 0. The van der Waals surface area contributed by atoms with E-state index >= 15 is 0 Å². The Morgan fingerprint density at radius 2 is 1.90 bits per heavy atom. The standard InChI is InChI=1S/C15H12ClN3O2/c16-14-6-5-13(15(7-14)19(20)21)10-18-9-12-3-1-11(8-17)2-4-12/h1-7,18H,9-10H2. The number of nitrogens with zero attached hydrogens (tertiary/aromatic N) is 2. The Kier molecular flexibility index (Phi) is 4.88. The van der Waals surface area contributed by atoms with Gasteiger partial charge in [-0.15, -0.1) is 0 Å². The summed E-state index contributed by atoms with van der Waals surface area (Å²) in [5.41, 5.74) is 2.20. The number of hydrogen-bond donors (Lipinski definition) is 1. The third-order valence-electron chi connectivity index (χ3n) is 2.97. The molecule has 0 bridgehead atoms. The Hall–Kier alpha value is -2.42. The lowest BCUT2D eigenvalue weighted by Crippen LogP contribution is -2.13. The largest absolute Gasteiger partial charge is 0.308 e. The van der Waals surface area contributed by atoms with Crippen LogP contribution in [0.3, 0.4) is 0 Å². The van der Waals surface area contributed by atoms with Crippen LogP contribution in [0.15, 0.2) is 42.5 Å². The number of benzene rings is 2. The summed E-state index contributed by atoms with van der Waals surface area (Å²) in [6.07, 6.45) is 0. The second-order valence-electron chi connectivity index (χ2n) is 4.44. The van der Waals surface area contributed by atoms with E-state index in [0.717, 1.165) is 5.56 Å². The summed E-state index contributed by atoms with van der Waals surface area (Å²) in [4.78, 5) is 10.5. The fraction of sp³-hybridized carbons (Fsp3) is 0.133. The molecule has 0 fully saturated rings. The van der Waals surface area contributed by atoms with E-state index < -0.39 is 4.92 Å².